The zero-order valence-corrected chi connectivity index (χ0v) is 15.2. The smallest absolute Gasteiger partial charge is 0.153 e. The van der Waals surface area contributed by atoms with E-state index in [0.717, 1.165) is 11.8 Å². The van der Waals surface area contributed by atoms with Crippen LogP contribution >= 0.6 is 15.9 Å². The molecular weight excluding hydrogens is 350 g/mol. The highest BCUT2D eigenvalue weighted by Gasteiger charge is 2.25. The van der Waals surface area contributed by atoms with Gasteiger partial charge >= 0.3 is 0 Å². The summed E-state index contributed by atoms with van der Waals surface area (Å²) >= 11 is 3.43. The molecule has 1 aromatic rings. The van der Waals surface area contributed by atoms with Crippen LogP contribution < -0.4 is 14.8 Å². The number of hydrogen-bond donors (Lipinski definition) is 2. The minimum atomic E-state index is -0.166. The van der Waals surface area contributed by atoms with Gasteiger partial charge in [-0.2, -0.15) is 0 Å². The average molecular weight is 374 g/mol. The SMILES string of the molecule is COc1c(Br)cc(C=O)c(OC)c1C(C)N[C@H](CO)C(C)C. The number of nitrogens with one attached hydrogen (secondary N) is 1. The van der Waals surface area contributed by atoms with Crippen LogP contribution in [-0.4, -0.2) is 38.3 Å². The van der Waals surface area contributed by atoms with Gasteiger partial charge < -0.3 is 19.9 Å². The summed E-state index contributed by atoms with van der Waals surface area (Å²) in [4.78, 5) is 11.3. The third-order valence-corrected chi connectivity index (χ3v) is 4.27. The second-order valence-corrected chi connectivity index (χ2v) is 6.32. The van der Waals surface area contributed by atoms with Crippen molar-refractivity contribution >= 4 is 22.2 Å². The summed E-state index contributed by atoms with van der Waals surface area (Å²) in [5, 5.41) is 12.9. The van der Waals surface area contributed by atoms with Crippen LogP contribution in [0.1, 0.15) is 42.7 Å². The van der Waals surface area contributed by atoms with Crippen molar-refractivity contribution in [1.29, 1.82) is 0 Å². The fraction of sp³-hybridized carbons (Fsp3) is 0.562. The van der Waals surface area contributed by atoms with Crippen molar-refractivity contribution in [2.45, 2.75) is 32.9 Å². The number of ether oxygens (including phenoxy) is 2. The maximum absolute atomic E-state index is 11.3. The van der Waals surface area contributed by atoms with Gasteiger partial charge in [-0.1, -0.05) is 13.8 Å². The molecule has 0 aromatic heterocycles. The summed E-state index contributed by atoms with van der Waals surface area (Å²) in [6.45, 7) is 6.05. The maximum Gasteiger partial charge on any atom is 0.153 e. The lowest BCUT2D eigenvalue weighted by Crippen LogP contribution is -2.38. The van der Waals surface area contributed by atoms with E-state index >= 15 is 0 Å². The topological polar surface area (TPSA) is 67.8 Å². The van der Waals surface area contributed by atoms with Crippen molar-refractivity contribution in [1.82, 2.24) is 5.32 Å². The Morgan fingerprint density at radius 3 is 2.27 bits per heavy atom. The van der Waals surface area contributed by atoms with Gasteiger partial charge in [0.25, 0.3) is 0 Å². The number of benzene rings is 1. The number of methoxy groups -OCH3 is 2. The lowest BCUT2D eigenvalue weighted by Gasteiger charge is -2.27. The molecule has 1 rings (SSSR count). The summed E-state index contributed by atoms with van der Waals surface area (Å²) in [5.74, 6) is 1.36. The number of carbonyl (C=O) groups excluding carboxylic acids is 1. The summed E-state index contributed by atoms with van der Waals surface area (Å²) < 4.78 is 11.6. The molecule has 1 unspecified atom stereocenters. The molecular formula is C16H24BrNO4. The molecule has 0 bridgehead atoms. The Hall–Kier alpha value is -1.11. The Balaban J connectivity index is 3.36. The van der Waals surface area contributed by atoms with E-state index in [2.05, 4.69) is 21.2 Å². The quantitative estimate of drug-likeness (QED) is 0.685. The van der Waals surface area contributed by atoms with Gasteiger partial charge in [0.15, 0.2) is 6.29 Å². The van der Waals surface area contributed by atoms with E-state index in [1.807, 2.05) is 20.8 Å². The van der Waals surface area contributed by atoms with Gasteiger partial charge in [-0.15, -0.1) is 0 Å². The van der Waals surface area contributed by atoms with Crippen molar-refractivity contribution in [2.75, 3.05) is 20.8 Å². The van der Waals surface area contributed by atoms with Gasteiger partial charge in [0.05, 0.1) is 36.4 Å². The fourth-order valence-electron chi connectivity index (χ4n) is 2.43. The molecule has 0 radical (unpaired) electrons. The van der Waals surface area contributed by atoms with Crippen LogP contribution in [0.25, 0.3) is 0 Å². The molecule has 0 saturated carbocycles. The summed E-state index contributed by atoms with van der Waals surface area (Å²) in [6.07, 6.45) is 0.755. The molecule has 0 aliphatic rings. The predicted octanol–water partition coefficient (Wildman–Crippen LogP) is 2.95. The largest absolute Gasteiger partial charge is 0.496 e. The highest BCUT2D eigenvalue weighted by atomic mass is 79.9. The first-order valence-corrected chi connectivity index (χ1v) is 7.96. The predicted molar refractivity (Wildman–Crippen MR) is 89.9 cm³/mol. The number of carbonyl (C=O) groups is 1. The summed E-state index contributed by atoms with van der Waals surface area (Å²) in [6, 6.07) is 1.44. The first-order chi connectivity index (χ1) is 10.4. The van der Waals surface area contributed by atoms with E-state index < -0.39 is 0 Å². The molecule has 0 heterocycles. The number of halogens is 1. The number of aliphatic hydroxyl groups excluding tert-OH is 1. The van der Waals surface area contributed by atoms with E-state index in [1.165, 1.54) is 7.11 Å². The molecule has 0 aliphatic heterocycles. The molecule has 124 valence electrons. The van der Waals surface area contributed by atoms with Crippen LogP contribution in [0.3, 0.4) is 0 Å². The minimum Gasteiger partial charge on any atom is -0.496 e. The molecule has 2 atom stereocenters. The Labute approximate surface area is 140 Å². The first-order valence-electron chi connectivity index (χ1n) is 7.17. The van der Waals surface area contributed by atoms with E-state index in [4.69, 9.17) is 9.47 Å². The Morgan fingerprint density at radius 1 is 1.27 bits per heavy atom. The molecule has 6 heteroatoms. The van der Waals surface area contributed by atoms with Crippen LogP contribution in [0.15, 0.2) is 10.5 Å². The third-order valence-electron chi connectivity index (χ3n) is 3.68. The fourth-order valence-corrected chi connectivity index (χ4v) is 3.05. The van der Waals surface area contributed by atoms with E-state index in [0.29, 0.717) is 21.5 Å². The molecule has 0 spiro atoms. The lowest BCUT2D eigenvalue weighted by molar-refractivity contribution is 0.112. The Morgan fingerprint density at radius 2 is 1.86 bits per heavy atom. The van der Waals surface area contributed by atoms with Crippen molar-refractivity contribution < 1.29 is 19.4 Å². The van der Waals surface area contributed by atoms with Crippen molar-refractivity contribution in [3.05, 3.63) is 21.7 Å². The van der Waals surface area contributed by atoms with E-state index in [1.54, 1.807) is 13.2 Å². The summed E-state index contributed by atoms with van der Waals surface area (Å²) in [5.41, 5.74) is 1.20. The van der Waals surface area contributed by atoms with Gasteiger partial charge in [0.1, 0.15) is 11.5 Å². The van der Waals surface area contributed by atoms with Crippen LogP contribution in [0, 0.1) is 5.92 Å². The monoisotopic (exact) mass is 373 g/mol. The van der Waals surface area contributed by atoms with Gasteiger partial charge in [-0.05, 0) is 34.8 Å². The molecule has 0 fully saturated rings. The zero-order chi connectivity index (χ0) is 16.9. The van der Waals surface area contributed by atoms with Gasteiger partial charge in [0, 0.05) is 12.1 Å². The molecule has 0 amide bonds. The van der Waals surface area contributed by atoms with Crippen LogP contribution in [0.2, 0.25) is 0 Å². The molecule has 1 aromatic carbocycles. The van der Waals surface area contributed by atoms with E-state index in [9.17, 15) is 9.90 Å². The van der Waals surface area contributed by atoms with Crippen LogP contribution in [0.4, 0.5) is 0 Å². The molecule has 5 nitrogen and oxygen atoms in total. The number of aliphatic hydroxyl groups is 1. The number of rotatable bonds is 8. The first kappa shape index (κ1) is 18.9. The summed E-state index contributed by atoms with van der Waals surface area (Å²) in [7, 11) is 3.10. The molecule has 0 saturated heterocycles. The van der Waals surface area contributed by atoms with Crippen LogP contribution in [0.5, 0.6) is 11.5 Å². The normalized spacial score (nSPS) is 13.8. The van der Waals surface area contributed by atoms with Gasteiger partial charge in [0.2, 0.25) is 0 Å². The second-order valence-electron chi connectivity index (χ2n) is 5.47. The third kappa shape index (κ3) is 4.00. The lowest BCUT2D eigenvalue weighted by atomic mass is 9.98. The van der Waals surface area contributed by atoms with Crippen molar-refractivity contribution in [2.24, 2.45) is 5.92 Å². The minimum absolute atomic E-state index is 0.0289. The highest BCUT2D eigenvalue weighted by Crippen LogP contribution is 2.42. The van der Waals surface area contributed by atoms with Crippen molar-refractivity contribution in [3.63, 3.8) is 0 Å². The van der Waals surface area contributed by atoms with E-state index in [-0.39, 0.29) is 24.6 Å². The number of aldehydes is 1. The maximum atomic E-state index is 11.3. The standard InChI is InChI=1S/C16H24BrNO4/c1-9(2)13(8-20)18-10(3)14-15(21-4)11(7-19)6-12(17)16(14)22-5/h6-7,9-10,13,18,20H,8H2,1-5H3/t10?,13-/m1/s1. The second kappa shape index (κ2) is 8.50. The molecule has 2 N–H and O–H groups in total. The van der Waals surface area contributed by atoms with Gasteiger partial charge in [-0.3, -0.25) is 4.79 Å². The van der Waals surface area contributed by atoms with Crippen molar-refractivity contribution in [3.8, 4) is 11.5 Å². The van der Waals surface area contributed by atoms with Crippen LogP contribution in [-0.2, 0) is 0 Å². The highest BCUT2D eigenvalue weighted by molar-refractivity contribution is 9.10. The zero-order valence-electron chi connectivity index (χ0n) is 13.6. The molecule has 22 heavy (non-hydrogen) atoms. The molecule has 0 aliphatic carbocycles. The Kier molecular flexibility index (Phi) is 7.32. The average Bonchev–Trinajstić information content (AvgIpc) is 2.50. The van der Waals surface area contributed by atoms with Gasteiger partial charge in [-0.25, -0.2) is 0 Å². The number of hydrogen-bond acceptors (Lipinski definition) is 5. The Bertz CT molecular complexity index is 519.